The van der Waals surface area contributed by atoms with Crippen molar-refractivity contribution in [3.05, 3.63) is 0 Å². The van der Waals surface area contributed by atoms with E-state index >= 15 is 0 Å². The third-order valence-corrected chi connectivity index (χ3v) is 6.38. The summed E-state index contributed by atoms with van der Waals surface area (Å²) in [6, 6.07) is 0. The average Bonchev–Trinajstić information content (AvgIpc) is 2.83. The Morgan fingerprint density at radius 2 is 2.22 bits per heavy atom. The zero-order valence-corrected chi connectivity index (χ0v) is 12.2. The van der Waals surface area contributed by atoms with E-state index in [9.17, 15) is 8.42 Å². The van der Waals surface area contributed by atoms with Crippen LogP contribution in [0.4, 0.5) is 0 Å². The van der Waals surface area contributed by atoms with Crippen LogP contribution in [0.25, 0.3) is 0 Å². The molecule has 2 atom stereocenters. The van der Waals surface area contributed by atoms with Gasteiger partial charge >= 0.3 is 0 Å². The van der Waals surface area contributed by atoms with E-state index in [4.69, 9.17) is 5.73 Å². The molecule has 2 aliphatic heterocycles. The number of sulfone groups is 1. The van der Waals surface area contributed by atoms with Crippen molar-refractivity contribution in [2.75, 3.05) is 51.8 Å². The number of nitrogens with zero attached hydrogens (tertiary/aromatic N) is 2. The molecule has 0 aromatic rings. The van der Waals surface area contributed by atoms with E-state index in [2.05, 4.69) is 16.8 Å². The number of likely N-dealkylation sites (tertiary alicyclic amines) is 1. The Labute approximate surface area is 110 Å². The van der Waals surface area contributed by atoms with E-state index in [1.54, 1.807) is 0 Å². The molecule has 5 nitrogen and oxygen atoms in total. The highest BCUT2D eigenvalue weighted by Gasteiger charge is 2.44. The summed E-state index contributed by atoms with van der Waals surface area (Å²) in [6.07, 6.45) is 1.89. The van der Waals surface area contributed by atoms with Gasteiger partial charge in [0.15, 0.2) is 9.84 Å². The molecule has 2 saturated heterocycles. The number of rotatable bonds is 4. The van der Waals surface area contributed by atoms with Gasteiger partial charge in [-0.15, -0.1) is 0 Å². The van der Waals surface area contributed by atoms with Crippen LogP contribution in [0.15, 0.2) is 0 Å². The van der Waals surface area contributed by atoms with Crippen molar-refractivity contribution in [1.82, 2.24) is 9.80 Å². The van der Waals surface area contributed by atoms with Gasteiger partial charge in [-0.2, -0.15) is 0 Å². The first-order valence-electron chi connectivity index (χ1n) is 6.67. The Hall–Kier alpha value is -0.170. The molecule has 106 valence electrons. The molecular weight excluding hydrogens is 250 g/mol. The summed E-state index contributed by atoms with van der Waals surface area (Å²) in [6.45, 7) is 3.65. The molecule has 18 heavy (non-hydrogen) atoms. The van der Waals surface area contributed by atoms with Gasteiger partial charge in [-0.05, 0) is 39.4 Å². The number of hydrogen-bond acceptors (Lipinski definition) is 5. The van der Waals surface area contributed by atoms with Gasteiger partial charge in [-0.3, -0.25) is 4.90 Å². The lowest BCUT2D eigenvalue weighted by Gasteiger charge is -2.38. The van der Waals surface area contributed by atoms with Crippen LogP contribution in [0.3, 0.4) is 0 Å². The van der Waals surface area contributed by atoms with Crippen LogP contribution >= 0.6 is 0 Å². The monoisotopic (exact) mass is 275 g/mol. The minimum atomic E-state index is -2.89. The molecule has 2 N–H and O–H groups in total. The van der Waals surface area contributed by atoms with E-state index in [1.165, 1.54) is 6.42 Å². The lowest BCUT2D eigenvalue weighted by molar-refractivity contribution is 0.129. The predicted molar refractivity (Wildman–Crippen MR) is 73.3 cm³/mol. The molecule has 2 heterocycles. The Morgan fingerprint density at radius 3 is 2.67 bits per heavy atom. The predicted octanol–water partition coefficient (Wildman–Crippen LogP) is -0.614. The first-order chi connectivity index (χ1) is 8.37. The fourth-order valence-electron chi connectivity index (χ4n) is 3.27. The first-order valence-corrected chi connectivity index (χ1v) is 8.49. The molecule has 0 amide bonds. The summed E-state index contributed by atoms with van der Waals surface area (Å²) in [7, 11) is 1.28. The fourth-order valence-corrected chi connectivity index (χ4v) is 5.41. The van der Waals surface area contributed by atoms with Crippen LogP contribution in [0.1, 0.15) is 12.8 Å². The van der Waals surface area contributed by atoms with Crippen LogP contribution in [-0.2, 0) is 9.84 Å². The minimum Gasteiger partial charge on any atom is -0.329 e. The highest BCUT2D eigenvalue weighted by atomic mass is 32.2. The molecule has 0 saturated carbocycles. The second-order valence-electron chi connectivity index (χ2n) is 6.07. The minimum absolute atomic E-state index is 0.232. The van der Waals surface area contributed by atoms with Gasteiger partial charge in [0.05, 0.1) is 11.5 Å². The third-order valence-electron chi connectivity index (χ3n) is 4.58. The number of likely N-dealkylation sites (N-methyl/N-ethyl adjacent to an activating group) is 1. The van der Waals surface area contributed by atoms with Crippen molar-refractivity contribution >= 4 is 9.84 Å². The topological polar surface area (TPSA) is 66.6 Å². The Kier molecular flexibility index (Phi) is 4.02. The van der Waals surface area contributed by atoms with E-state index in [1.807, 2.05) is 7.05 Å². The van der Waals surface area contributed by atoms with E-state index in [0.29, 0.717) is 24.6 Å². The van der Waals surface area contributed by atoms with Crippen LogP contribution < -0.4 is 5.73 Å². The lowest BCUT2D eigenvalue weighted by Crippen LogP contribution is -2.54. The van der Waals surface area contributed by atoms with Gasteiger partial charge in [0.25, 0.3) is 0 Å². The summed E-state index contributed by atoms with van der Waals surface area (Å²) < 4.78 is 23.4. The maximum absolute atomic E-state index is 11.7. The molecule has 2 rings (SSSR count). The molecule has 2 fully saturated rings. The molecule has 0 radical (unpaired) electrons. The molecule has 0 aliphatic carbocycles. The molecule has 2 aliphatic rings. The average molecular weight is 275 g/mol. The van der Waals surface area contributed by atoms with E-state index < -0.39 is 9.84 Å². The Morgan fingerprint density at radius 1 is 1.50 bits per heavy atom. The molecule has 0 aromatic carbocycles. The van der Waals surface area contributed by atoms with Gasteiger partial charge in [0, 0.05) is 25.2 Å². The summed E-state index contributed by atoms with van der Waals surface area (Å²) in [5.41, 5.74) is 5.56. The van der Waals surface area contributed by atoms with Crippen molar-refractivity contribution in [2.24, 2.45) is 11.7 Å². The quantitative estimate of drug-likeness (QED) is 0.741. The van der Waals surface area contributed by atoms with Crippen molar-refractivity contribution in [1.29, 1.82) is 0 Å². The maximum atomic E-state index is 11.7. The SMILES string of the molecule is CN1CCC(CN(C)C2(CN)CCS(=O)(=O)C2)C1. The highest BCUT2D eigenvalue weighted by molar-refractivity contribution is 7.91. The van der Waals surface area contributed by atoms with Gasteiger partial charge < -0.3 is 10.6 Å². The van der Waals surface area contributed by atoms with Gasteiger partial charge in [0.1, 0.15) is 0 Å². The summed E-state index contributed by atoms with van der Waals surface area (Å²) in [4.78, 5) is 4.54. The summed E-state index contributed by atoms with van der Waals surface area (Å²) in [5.74, 6) is 1.17. The van der Waals surface area contributed by atoms with Crippen LogP contribution in [-0.4, -0.2) is 75.5 Å². The summed E-state index contributed by atoms with van der Waals surface area (Å²) >= 11 is 0. The largest absolute Gasteiger partial charge is 0.329 e. The Balaban J connectivity index is 2.00. The zero-order valence-electron chi connectivity index (χ0n) is 11.4. The first kappa shape index (κ1) is 14.2. The van der Waals surface area contributed by atoms with Crippen molar-refractivity contribution < 1.29 is 8.42 Å². The smallest absolute Gasteiger partial charge is 0.152 e. The normalized spacial score (nSPS) is 36.6. The molecule has 6 heteroatoms. The van der Waals surface area contributed by atoms with Crippen LogP contribution in [0.2, 0.25) is 0 Å². The Bertz CT molecular complexity index is 398. The van der Waals surface area contributed by atoms with Crippen molar-refractivity contribution in [3.63, 3.8) is 0 Å². The molecule has 2 unspecified atom stereocenters. The maximum Gasteiger partial charge on any atom is 0.152 e. The van der Waals surface area contributed by atoms with Gasteiger partial charge in [-0.25, -0.2) is 8.42 Å². The van der Waals surface area contributed by atoms with Crippen molar-refractivity contribution in [2.45, 2.75) is 18.4 Å². The molecule has 0 bridgehead atoms. The highest BCUT2D eigenvalue weighted by Crippen LogP contribution is 2.29. The molecular formula is C12H25N3O2S. The van der Waals surface area contributed by atoms with E-state index in [0.717, 1.165) is 19.6 Å². The summed E-state index contributed by atoms with van der Waals surface area (Å²) in [5, 5.41) is 0. The second kappa shape index (κ2) is 5.07. The van der Waals surface area contributed by atoms with Gasteiger partial charge in [0.2, 0.25) is 0 Å². The molecule has 0 spiro atoms. The standard InChI is InChI=1S/C12H25N3O2S/c1-14-5-3-11(7-14)8-15(2)12(9-13)4-6-18(16,17)10-12/h11H,3-10,13H2,1-2H3. The zero-order chi connectivity index (χ0) is 13.4. The third kappa shape index (κ3) is 2.87. The number of hydrogen-bond donors (Lipinski definition) is 1. The van der Waals surface area contributed by atoms with Crippen LogP contribution in [0, 0.1) is 5.92 Å². The molecule has 0 aromatic heterocycles. The van der Waals surface area contributed by atoms with Crippen LogP contribution in [0.5, 0.6) is 0 Å². The van der Waals surface area contributed by atoms with Gasteiger partial charge in [-0.1, -0.05) is 0 Å². The van der Waals surface area contributed by atoms with E-state index in [-0.39, 0.29) is 11.3 Å². The van der Waals surface area contributed by atoms with Crippen molar-refractivity contribution in [3.8, 4) is 0 Å². The lowest BCUT2D eigenvalue weighted by atomic mass is 9.95. The second-order valence-corrected chi connectivity index (χ2v) is 8.25. The number of nitrogens with two attached hydrogens (primary N) is 1. The fraction of sp³-hybridized carbons (Fsp3) is 1.00.